The summed E-state index contributed by atoms with van der Waals surface area (Å²) in [6, 6.07) is 3.87. The number of piperidine rings is 1. The van der Waals surface area contributed by atoms with Gasteiger partial charge in [0.05, 0.1) is 12.6 Å². The molecule has 0 bridgehead atoms. The Kier molecular flexibility index (Phi) is 11.0. The van der Waals surface area contributed by atoms with E-state index >= 15 is 0 Å². The molecule has 0 saturated carbocycles. The molecule has 0 aromatic carbocycles. The van der Waals surface area contributed by atoms with E-state index < -0.39 is 24.3 Å². The fraction of sp³-hybridized carbons (Fsp3) is 0.542. The van der Waals surface area contributed by atoms with E-state index in [4.69, 9.17) is 19.8 Å². The lowest BCUT2D eigenvalue weighted by molar-refractivity contribution is -0.193. The Hall–Kier alpha value is -3.69. The molecule has 2 aromatic rings. The number of hydrogen-bond donors (Lipinski definition) is 2. The number of halogens is 6. The van der Waals surface area contributed by atoms with Crippen LogP contribution in [-0.4, -0.2) is 91.2 Å². The van der Waals surface area contributed by atoms with Gasteiger partial charge in [0.25, 0.3) is 0 Å². The molecule has 2 aliphatic rings. The number of carboxylic acids is 2. The Bertz CT molecular complexity index is 1110. The van der Waals surface area contributed by atoms with Crippen LogP contribution >= 0.6 is 0 Å². The van der Waals surface area contributed by atoms with Crippen LogP contribution in [0.3, 0.4) is 0 Å². The van der Waals surface area contributed by atoms with E-state index in [0.717, 1.165) is 44.7 Å². The highest BCUT2D eigenvalue weighted by Crippen LogP contribution is 2.40. The highest BCUT2D eigenvalue weighted by molar-refractivity contribution is 5.79. The number of pyridine rings is 1. The van der Waals surface area contributed by atoms with Crippen molar-refractivity contribution in [1.82, 2.24) is 24.6 Å². The number of carboxylic acid groups (broad SMARTS) is 2. The molecule has 4 rings (SSSR count). The third-order valence-corrected chi connectivity index (χ3v) is 6.44. The summed E-state index contributed by atoms with van der Waals surface area (Å²) in [6.07, 6.45) is 1.41. The maximum Gasteiger partial charge on any atom is 0.490 e. The zero-order valence-electron chi connectivity index (χ0n) is 21.5. The molecule has 10 nitrogen and oxygen atoms in total. The van der Waals surface area contributed by atoms with E-state index in [1.165, 1.54) is 18.4 Å². The van der Waals surface area contributed by atoms with Gasteiger partial charge in [0.15, 0.2) is 0 Å². The van der Waals surface area contributed by atoms with Gasteiger partial charge in [0, 0.05) is 50.8 Å². The van der Waals surface area contributed by atoms with Crippen LogP contribution in [0.2, 0.25) is 0 Å². The zero-order valence-corrected chi connectivity index (χ0v) is 21.5. The van der Waals surface area contributed by atoms with E-state index in [2.05, 4.69) is 26.1 Å². The summed E-state index contributed by atoms with van der Waals surface area (Å²) >= 11 is 0. The first-order chi connectivity index (χ1) is 18.5. The second-order valence-corrected chi connectivity index (χ2v) is 9.51. The molecule has 1 amide bonds. The number of likely N-dealkylation sites (tertiary alicyclic amines) is 2. The maximum atomic E-state index is 12.6. The van der Waals surface area contributed by atoms with Crippen molar-refractivity contribution in [3.63, 3.8) is 0 Å². The standard InChI is InChI=1S/C20H27N5O.2C2HF3O2/c1-23-14-18(13-22-23)15-24-8-4-20(5-9-24)6-10-25(16-20)19(26)11-17-3-2-7-21-12-17;2*3-2(4,5)1(6)7/h2-3,7,12-14H,4-6,8-11,15-16H2,1H3;2*(H,6,7). The Balaban J connectivity index is 0.000000333. The number of carbonyl (C=O) groups is 3. The number of amides is 1. The molecule has 4 heterocycles. The van der Waals surface area contributed by atoms with Crippen LogP contribution in [0.15, 0.2) is 36.9 Å². The lowest BCUT2D eigenvalue weighted by atomic mass is 9.77. The zero-order chi connectivity index (χ0) is 30.1. The highest BCUT2D eigenvalue weighted by atomic mass is 19.4. The van der Waals surface area contributed by atoms with Gasteiger partial charge in [0.2, 0.25) is 5.91 Å². The molecule has 40 heavy (non-hydrogen) atoms. The van der Waals surface area contributed by atoms with E-state index in [-0.39, 0.29) is 5.91 Å². The van der Waals surface area contributed by atoms with Crippen molar-refractivity contribution in [1.29, 1.82) is 0 Å². The SMILES string of the molecule is Cn1cc(CN2CCC3(CC2)CCN(C(=O)Cc2cccnc2)C3)cn1.O=C(O)C(F)(F)F.O=C(O)C(F)(F)F. The number of aryl methyl sites for hydroxylation is 1. The average molecular weight is 582 g/mol. The topological polar surface area (TPSA) is 129 Å². The number of alkyl halides is 6. The molecular weight excluding hydrogens is 552 g/mol. The Morgan fingerprint density at radius 3 is 1.93 bits per heavy atom. The number of hydrogen-bond acceptors (Lipinski definition) is 6. The number of nitrogens with zero attached hydrogens (tertiary/aromatic N) is 5. The van der Waals surface area contributed by atoms with Gasteiger partial charge in [-0.3, -0.25) is 19.4 Å². The summed E-state index contributed by atoms with van der Waals surface area (Å²) in [7, 11) is 1.96. The van der Waals surface area contributed by atoms with Gasteiger partial charge in [-0.25, -0.2) is 9.59 Å². The number of aliphatic carboxylic acids is 2. The van der Waals surface area contributed by atoms with Crippen molar-refractivity contribution in [2.45, 2.75) is 44.6 Å². The van der Waals surface area contributed by atoms with Crippen molar-refractivity contribution in [2.75, 3.05) is 26.2 Å². The van der Waals surface area contributed by atoms with E-state index in [1.54, 1.807) is 12.4 Å². The summed E-state index contributed by atoms with van der Waals surface area (Å²) in [5, 5.41) is 18.5. The minimum Gasteiger partial charge on any atom is -0.475 e. The van der Waals surface area contributed by atoms with Crippen molar-refractivity contribution >= 4 is 17.8 Å². The molecule has 16 heteroatoms. The predicted molar refractivity (Wildman–Crippen MR) is 127 cm³/mol. The van der Waals surface area contributed by atoms with Gasteiger partial charge in [-0.05, 0) is 49.4 Å². The largest absolute Gasteiger partial charge is 0.490 e. The van der Waals surface area contributed by atoms with Crippen LogP contribution in [0, 0.1) is 5.41 Å². The summed E-state index contributed by atoms with van der Waals surface area (Å²) in [4.78, 5) is 39.1. The number of carbonyl (C=O) groups excluding carboxylic acids is 1. The lowest BCUT2D eigenvalue weighted by Crippen LogP contribution is -2.42. The van der Waals surface area contributed by atoms with Crippen LogP contribution < -0.4 is 0 Å². The van der Waals surface area contributed by atoms with Crippen LogP contribution in [0.25, 0.3) is 0 Å². The van der Waals surface area contributed by atoms with Gasteiger partial charge in [-0.2, -0.15) is 31.4 Å². The van der Waals surface area contributed by atoms with Crippen LogP contribution in [0.1, 0.15) is 30.4 Å². The first-order valence-corrected chi connectivity index (χ1v) is 12.0. The Labute approximate surface area is 225 Å². The quantitative estimate of drug-likeness (QED) is 0.528. The molecule has 1 spiro atoms. The summed E-state index contributed by atoms with van der Waals surface area (Å²) in [5.41, 5.74) is 2.61. The van der Waals surface area contributed by atoms with Crippen molar-refractivity contribution in [3.05, 3.63) is 48.0 Å². The van der Waals surface area contributed by atoms with E-state index in [9.17, 15) is 31.1 Å². The van der Waals surface area contributed by atoms with E-state index in [0.29, 0.717) is 11.8 Å². The average Bonchev–Trinajstić information content (AvgIpc) is 3.47. The maximum absolute atomic E-state index is 12.6. The lowest BCUT2D eigenvalue weighted by Gasteiger charge is -2.39. The first-order valence-electron chi connectivity index (χ1n) is 12.0. The van der Waals surface area contributed by atoms with Crippen molar-refractivity contribution < 1.29 is 50.9 Å². The monoisotopic (exact) mass is 581 g/mol. The van der Waals surface area contributed by atoms with Crippen LogP contribution in [0.5, 0.6) is 0 Å². The van der Waals surface area contributed by atoms with Crippen molar-refractivity contribution in [3.8, 4) is 0 Å². The minimum absolute atomic E-state index is 0.243. The van der Waals surface area contributed by atoms with Gasteiger partial charge >= 0.3 is 24.3 Å². The molecule has 0 unspecified atom stereocenters. The fourth-order valence-corrected chi connectivity index (χ4v) is 4.34. The molecule has 2 saturated heterocycles. The Morgan fingerprint density at radius 1 is 0.925 bits per heavy atom. The van der Waals surface area contributed by atoms with Gasteiger partial charge in [-0.1, -0.05) is 6.07 Å². The summed E-state index contributed by atoms with van der Waals surface area (Å²) < 4.78 is 65.3. The van der Waals surface area contributed by atoms with Gasteiger partial charge in [0.1, 0.15) is 0 Å². The molecule has 2 aliphatic heterocycles. The molecule has 0 atom stereocenters. The van der Waals surface area contributed by atoms with Gasteiger partial charge < -0.3 is 15.1 Å². The molecular formula is C24H29F6N5O5. The molecule has 2 fully saturated rings. The normalized spacial score (nSPS) is 16.9. The molecule has 222 valence electrons. The summed E-state index contributed by atoms with van der Waals surface area (Å²) in [5.74, 6) is -5.27. The summed E-state index contributed by atoms with van der Waals surface area (Å²) in [6.45, 7) is 5.03. The van der Waals surface area contributed by atoms with Crippen molar-refractivity contribution in [2.24, 2.45) is 12.5 Å². The second kappa shape index (κ2) is 13.6. The molecule has 0 radical (unpaired) electrons. The Morgan fingerprint density at radius 2 is 1.48 bits per heavy atom. The van der Waals surface area contributed by atoms with E-state index in [1.807, 2.05) is 30.1 Å². The van der Waals surface area contributed by atoms with Crippen LogP contribution in [0.4, 0.5) is 26.3 Å². The third-order valence-electron chi connectivity index (χ3n) is 6.44. The highest BCUT2D eigenvalue weighted by Gasteiger charge is 2.42. The molecule has 2 aromatic heterocycles. The van der Waals surface area contributed by atoms with Gasteiger partial charge in [-0.15, -0.1) is 0 Å². The molecule has 0 aliphatic carbocycles. The molecule has 2 N–H and O–H groups in total. The second-order valence-electron chi connectivity index (χ2n) is 9.51. The number of aromatic nitrogens is 3. The predicted octanol–water partition coefficient (Wildman–Crippen LogP) is 3.14. The smallest absolute Gasteiger partial charge is 0.475 e. The fourth-order valence-electron chi connectivity index (χ4n) is 4.34. The van der Waals surface area contributed by atoms with Crippen LogP contribution in [-0.2, 0) is 34.4 Å². The third kappa shape index (κ3) is 10.5. The number of rotatable bonds is 4. The minimum atomic E-state index is -5.08. The first kappa shape index (κ1) is 32.5.